The molecule has 0 bridgehead atoms. The van der Waals surface area contributed by atoms with Gasteiger partial charge >= 0.3 is 5.97 Å². The number of carbonyl (C=O) groups excluding carboxylic acids is 1. The van der Waals surface area contributed by atoms with Crippen LogP contribution in [0.2, 0.25) is 0 Å². The molecule has 1 unspecified atom stereocenters. The first kappa shape index (κ1) is 16.4. The third kappa shape index (κ3) is 3.27. The van der Waals surface area contributed by atoms with Crippen molar-refractivity contribution in [3.05, 3.63) is 17.1 Å². The number of thioether (sulfide) groups is 1. The fourth-order valence-electron chi connectivity index (χ4n) is 2.01. The zero-order valence-electron chi connectivity index (χ0n) is 12.3. The lowest BCUT2D eigenvalue weighted by Gasteiger charge is -2.25. The Labute approximate surface area is 122 Å². The Kier molecular flexibility index (Phi) is 5.50. The topological polar surface area (TPSA) is 83.4 Å². The molecule has 6 nitrogen and oxygen atoms in total. The van der Waals surface area contributed by atoms with Crippen LogP contribution in [0.4, 0.5) is 0 Å². The standard InChI is InChI=1S/C13H19N3O3S/c1-6-9(13(18)19)16(4)12(17)10-7(2)14-8(3)15-11(10)20-5/h9H,6H2,1-5H3,(H,18,19). The van der Waals surface area contributed by atoms with E-state index in [1.807, 2.05) is 6.26 Å². The predicted molar refractivity (Wildman–Crippen MR) is 77.1 cm³/mol. The van der Waals surface area contributed by atoms with Crippen LogP contribution in [0.3, 0.4) is 0 Å². The maximum Gasteiger partial charge on any atom is 0.326 e. The van der Waals surface area contributed by atoms with Gasteiger partial charge in [0.15, 0.2) is 0 Å². The third-order valence-corrected chi connectivity index (χ3v) is 3.72. The molecule has 0 aromatic carbocycles. The minimum absolute atomic E-state index is 0.345. The van der Waals surface area contributed by atoms with Crippen LogP contribution in [0.25, 0.3) is 0 Å². The molecular weight excluding hydrogens is 278 g/mol. The molecule has 0 aliphatic rings. The molecule has 1 aromatic rings. The Morgan fingerprint density at radius 2 is 1.95 bits per heavy atom. The molecule has 0 aliphatic heterocycles. The molecule has 0 radical (unpaired) electrons. The Bertz CT molecular complexity index is 534. The van der Waals surface area contributed by atoms with Gasteiger partial charge < -0.3 is 10.0 Å². The van der Waals surface area contributed by atoms with Crippen LogP contribution < -0.4 is 0 Å². The van der Waals surface area contributed by atoms with E-state index in [-0.39, 0.29) is 5.91 Å². The average molecular weight is 297 g/mol. The SMILES string of the molecule is CCC(C(=O)O)N(C)C(=O)c1c(C)nc(C)nc1SC. The van der Waals surface area contributed by atoms with Gasteiger partial charge in [0, 0.05) is 7.05 Å². The lowest BCUT2D eigenvalue weighted by molar-refractivity contribution is -0.142. The summed E-state index contributed by atoms with van der Waals surface area (Å²) in [7, 11) is 1.49. The number of carboxylic acids is 1. The Morgan fingerprint density at radius 3 is 2.40 bits per heavy atom. The second-order valence-electron chi connectivity index (χ2n) is 4.42. The molecular formula is C13H19N3O3S. The van der Waals surface area contributed by atoms with Crippen molar-refractivity contribution in [1.29, 1.82) is 0 Å². The summed E-state index contributed by atoms with van der Waals surface area (Å²) < 4.78 is 0. The molecule has 1 atom stereocenters. The summed E-state index contributed by atoms with van der Waals surface area (Å²) in [5, 5.41) is 9.73. The smallest absolute Gasteiger partial charge is 0.326 e. The van der Waals surface area contributed by atoms with Crippen LogP contribution in [0.15, 0.2) is 5.03 Å². The minimum atomic E-state index is -1.01. The normalized spacial score (nSPS) is 12.1. The second-order valence-corrected chi connectivity index (χ2v) is 5.21. The quantitative estimate of drug-likeness (QED) is 0.658. The van der Waals surface area contributed by atoms with Crippen LogP contribution in [-0.2, 0) is 4.79 Å². The lowest BCUT2D eigenvalue weighted by atomic mass is 10.1. The molecule has 0 saturated heterocycles. The van der Waals surface area contributed by atoms with Gasteiger partial charge in [0.05, 0.1) is 11.3 Å². The summed E-state index contributed by atoms with van der Waals surface area (Å²) in [4.78, 5) is 33.4. The van der Waals surface area contributed by atoms with Crippen LogP contribution in [-0.4, -0.2) is 51.2 Å². The molecule has 110 valence electrons. The van der Waals surface area contributed by atoms with E-state index >= 15 is 0 Å². The van der Waals surface area contributed by atoms with Gasteiger partial charge in [-0.1, -0.05) is 6.92 Å². The molecule has 20 heavy (non-hydrogen) atoms. The van der Waals surface area contributed by atoms with Crippen molar-refractivity contribution in [2.24, 2.45) is 0 Å². The van der Waals surface area contributed by atoms with E-state index in [0.29, 0.717) is 28.5 Å². The maximum absolute atomic E-state index is 12.5. The van der Waals surface area contributed by atoms with Gasteiger partial charge in [-0.15, -0.1) is 11.8 Å². The number of amides is 1. The Morgan fingerprint density at radius 1 is 1.35 bits per heavy atom. The number of carboxylic acid groups (broad SMARTS) is 1. The highest BCUT2D eigenvalue weighted by atomic mass is 32.2. The van der Waals surface area contributed by atoms with E-state index in [2.05, 4.69) is 9.97 Å². The number of likely N-dealkylation sites (N-methyl/N-ethyl adjacent to an activating group) is 1. The van der Waals surface area contributed by atoms with Crippen molar-refractivity contribution >= 4 is 23.6 Å². The molecule has 0 fully saturated rings. The van der Waals surface area contributed by atoms with Gasteiger partial charge in [0.1, 0.15) is 16.9 Å². The molecule has 0 saturated carbocycles. The predicted octanol–water partition coefficient (Wildman–Crippen LogP) is 1.75. The summed E-state index contributed by atoms with van der Waals surface area (Å²) in [6, 6.07) is -0.849. The van der Waals surface area contributed by atoms with Crippen molar-refractivity contribution < 1.29 is 14.7 Å². The molecule has 0 aliphatic carbocycles. The van der Waals surface area contributed by atoms with Crippen LogP contribution in [0.1, 0.15) is 35.2 Å². The zero-order chi connectivity index (χ0) is 15.4. The van der Waals surface area contributed by atoms with Crippen molar-refractivity contribution in [1.82, 2.24) is 14.9 Å². The van der Waals surface area contributed by atoms with Gasteiger partial charge in [-0.05, 0) is 26.5 Å². The van der Waals surface area contributed by atoms with E-state index in [0.717, 1.165) is 0 Å². The summed E-state index contributed by atoms with van der Waals surface area (Å²) in [6.45, 7) is 5.23. The first-order chi connectivity index (χ1) is 9.33. The van der Waals surface area contributed by atoms with Gasteiger partial charge in [-0.2, -0.15) is 0 Å². The number of hydrogen-bond acceptors (Lipinski definition) is 5. The molecule has 1 aromatic heterocycles. The average Bonchev–Trinajstić information content (AvgIpc) is 2.37. The molecule has 7 heteroatoms. The highest BCUT2D eigenvalue weighted by Gasteiger charge is 2.28. The summed E-state index contributed by atoms with van der Waals surface area (Å²) in [5.41, 5.74) is 0.948. The van der Waals surface area contributed by atoms with Crippen molar-refractivity contribution in [2.75, 3.05) is 13.3 Å². The van der Waals surface area contributed by atoms with E-state index in [1.165, 1.54) is 23.7 Å². The highest BCUT2D eigenvalue weighted by molar-refractivity contribution is 7.98. The van der Waals surface area contributed by atoms with Crippen molar-refractivity contribution in [3.63, 3.8) is 0 Å². The van der Waals surface area contributed by atoms with E-state index in [1.54, 1.807) is 20.8 Å². The summed E-state index contributed by atoms with van der Waals surface area (Å²) in [5.74, 6) is -0.780. The monoisotopic (exact) mass is 297 g/mol. The van der Waals surface area contributed by atoms with Crippen LogP contribution >= 0.6 is 11.8 Å². The largest absolute Gasteiger partial charge is 0.480 e. The van der Waals surface area contributed by atoms with Crippen molar-refractivity contribution in [3.8, 4) is 0 Å². The number of rotatable bonds is 5. The minimum Gasteiger partial charge on any atom is -0.480 e. The van der Waals surface area contributed by atoms with Gasteiger partial charge in [-0.25, -0.2) is 14.8 Å². The first-order valence-corrected chi connectivity index (χ1v) is 7.45. The number of carbonyl (C=O) groups is 2. The van der Waals surface area contributed by atoms with Gasteiger partial charge in [0.25, 0.3) is 5.91 Å². The van der Waals surface area contributed by atoms with Gasteiger partial charge in [0.2, 0.25) is 0 Å². The fourth-order valence-corrected chi connectivity index (χ4v) is 2.67. The number of nitrogens with zero attached hydrogens (tertiary/aromatic N) is 3. The number of aromatic nitrogens is 2. The number of aryl methyl sites for hydroxylation is 2. The van der Waals surface area contributed by atoms with E-state index in [4.69, 9.17) is 5.11 Å². The zero-order valence-corrected chi connectivity index (χ0v) is 13.1. The maximum atomic E-state index is 12.5. The second kappa shape index (κ2) is 6.69. The number of aliphatic carboxylic acids is 1. The van der Waals surface area contributed by atoms with Crippen LogP contribution in [0, 0.1) is 13.8 Å². The molecule has 1 rings (SSSR count). The molecule has 0 spiro atoms. The van der Waals surface area contributed by atoms with Crippen LogP contribution in [0.5, 0.6) is 0 Å². The Balaban J connectivity index is 3.24. The molecule has 1 heterocycles. The van der Waals surface area contributed by atoms with E-state index in [9.17, 15) is 9.59 Å². The summed E-state index contributed by atoms with van der Waals surface area (Å²) >= 11 is 1.35. The molecule has 1 N–H and O–H groups in total. The highest BCUT2D eigenvalue weighted by Crippen LogP contribution is 2.22. The van der Waals surface area contributed by atoms with Crippen molar-refractivity contribution in [2.45, 2.75) is 38.3 Å². The van der Waals surface area contributed by atoms with Gasteiger partial charge in [-0.3, -0.25) is 4.79 Å². The summed E-state index contributed by atoms with van der Waals surface area (Å²) in [6.07, 6.45) is 2.17. The first-order valence-electron chi connectivity index (χ1n) is 6.22. The Hall–Kier alpha value is -1.63. The fraction of sp³-hybridized carbons (Fsp3) is 0.538. The number of hydrogen-bond donors (Lipinski definition) is 1. The van der Waals surface area contributed by atoms with E-state index < -0.39 is 12.0 Å². The lowest BCUT2D eigenvalue weighted by Crippen LogP contribution is -2.42. The third-order valence-electron chi connectivity index (χ3n) is 3.04. The molecule has 1 amide bonds.